The molecule has 0 atom stereocenters. The van der Waals surface area contributed by atoms with Gasteiger partial charge in [0.05, 0.1) is 18.6 Å². The monoisotopic (exact) mass is 359 g/mol. The number of anilines is 1. The molecule has 2 N–H and O–H groups in total. The molecule has 138 valence electrons. The predicted octanol–water partition coefficient (Wildman–Crippen LogP) is 2.84. The molecule has 8 nitrogen and oxygen atoms in total. The number of nitro benzene ring substituents is 1. The summed E-state index contributed by atoms with van der Waals surface area (Å²) in [5.41, 5.74) is 1.26. The molecule has 0 unspecified atom stereocenters. The second-order valence-electron chi connectivity index (χ2n) is 5.29. The van der Waals surface area contributed by atoms with Gasteiger partial charge < -0.3 is 20.1 Å². The zero-order valence-corrected chi connectivity index (χ0v) is 14.7. The molecule has 0 radical (unpaired) electrons. The number of amides is 1. The van der Waals surface area contributed by atoms with E-state index in [1.807, 2.05) is 6.92 Å². The lowest BCUT2D eigenvalue weighted by molar-refractivity contribution is -0.384. The van der Waals surface area contributed by atoms with E-state index in [1.165, 1.54) is 12.1 Å². The van der Waals surface area contributed by atoms with Crippen LogP contribution in [0.1, 0.15) is 17.3 Å². The van der Waals surface area contributed by atoms with E-state index in [0.29, 0.717) is 36.8 Å². The van der Waals surface area contributed by atoms with Crippen LogP contribution in [0.3, 0.4) is 0 Å². The highest BCUT2D eigenvalue weighted by molar-refractivity contribution is 5.94. The van der Waals surface area contributed by atoms with Gasteiger partial charge in [0, 0.05) is 36.5 Å². The number of methoxy groups -OCH3 is 1. The molecule has 0 aliphatic carbocycles. The summed E-state index contributed by atoms with van der Waals surface area (Å²) in [4.78, 5) is 22.4. The van der Waals surface area contributed by atoms with E-state index in [9.17, 15) is 14.9 Å². The minimum atomic E-state index is -0.449. The fraction of sp³-hybridized carbons (Fsp3) is 0.278. The highest BCUT2D eigenvalue weighted by Gasteiger charge is 2.10. The van der Waals surface area contributed by atoms with E-state index in [2.05, 4.69) is 10.6 Å². The van der Waals surface area contributed by atoms with E-state index in [1.54, 1.807) is 37.4 Å². The molecule has 0 aromatic heterocycles. The first-order valence-electron chi connectivity index (χ1n) is 8.12. The number of hydrogen-bond donors (Lipinski definition) is 2. The molecule has 0 spiro atoms. The van der Waals surface area contributed by atoms with Crippen molar-refractivity contribution >= 4 is 17.3 Å². The lowest BCUT2D eigenvalue weighted by atomic mass is 10.2. The summed E-state index contributed by atoms with van der Waals surface area (Å²) in [6.45, 7) is 3.21. The Morgan fingerprint density at radius 3 is 2.46 bits per heavy atom. The van der Waals surface area contributed by atoms with Crippen LogP contribution in [-0.2, 0) is 0 Å². The van der Waals surface area contributed by atoms with Gasteiger partial charge in [0.25, 0.3) is 11.6 Å². The number of non-ortho nitro benzene ring substituents is 1. The van der Waals surface area contributed by atoms with Gasteiger partial charge >= 0.3 is 0 Å². The van der Waals surface area contributed by atoms with E-state index in [0.717, 1.165) is 5.69 Å². The van der Waals surface area contributed by atoms with Crippen molar-refractivity contribution in [2.24, 2.45) is 0 Å². The molecule has 0 heterocycles. The molecule has 26 heavy (non-hydrogen) atoms. The summed E-state index contributed by atoms with van der Waals surface area (Å²) >= 11 is 0. The molecule has 0 saturated heterocycles. The summed E-state index contributed by atoms with van der Waals surface area (Å²) in [6, 6.07) is 11.1. The third kappa shape index (κ3) is 5.10. The van der Waals surface area contributed by atoms with Gasteiger partial charge in [-0.2, -0.15) is 0 Å². The molecule has 2 aromatic rings. The van der Waals surface area contributed by atoms with Crippen LogP contribution in [0.2, 0.25) is 0 Å². The number of ether oxygens (including phenoxy) is 2. The summed E-state index contributed by atoms with van der Waals surface area (Å²) < 4.78 is 10.7. The van der Waals surface area contributed by atoms with Crippen LogP contribution in [0.4, 0.5) is 11.4 Å². The molecule has 0 saturated carbocycles. The Hall–Kier alpha value is -3.29. The van der Waals surface area contributed by atoms with Gasteiger partial charge in [-0.15, -0.1) is 0 Å². The van der Waals surface area contributed by atoms with Crippen LogP contribution >= 0.6 is 0 Å². The Labute approximate surface area is 151 Å². The minimum Gasteiger partial charge on any atom is -0.493 e. The first kappa shape index (κ1) is 19.0. The summed E-state index contributed by atoms with van der Waals surface area (Å²) in [7, 11) is 1.54. The van der Waals surface area contributed by atoms with Gasteiger partial charge in [0.15, 0.2) is 11.5 Å². The first-order valence-corrected chi connectivity index (χ1v) is 8.12. The van der Waals surface area contributed by atoms with Crippen molar-refractivity contribution in [3.05, 3.63) is 58.1 Å². The second-order valence-corrected chi connectivity index (χ2v) is 5.29. The first-order chi connectivity index (χ1) is 12.5. The fourth-order valence-electron chi connectivity index (χ4n) is 2.27. The Morgan fingerprint density at radius 2 is 1.85 bits per heavy atom. The summed E-state index contributed by atoms with van der Waals surface area (Å²) in [5.74, 6) is 0.869. The Bertz CT molecular complexity index is 762. The zero-order valence-electron chi connectivity index (χ0n) is 14.7. The van der Waals surface area contributed by atoms with Gasteiger partial charge in [0.2, 0.25) is 0 Å². The normalized spacial score (nSPS) is 10.1. The number of carbonyl (C=O) groups is 1. The van der Waals surface area contributed by atoms with Gasteiger partial charge in [-0.3, -0.25) is 14.9 Å². The van der Waals surface area contributed by atoms with Gasteiger partial charge in [-0.25, -0.2) is 0 Å². The lowest BCUT2D eigenvalue weighted by Gasteiger charge is -2.12. The molecule has 8 heteroatoms. The fourth-order valence-corrected chi connectivity index (χ4v) is 2.27. The Balaban J connectivity index is 1.84. The topological polar surface area (TPSA) is 103 Å². The third-order valence-electron chi connectivity index (χ3n) is 3.54. The molecular weight excluding hydrogens is 338 g/mol. The minimum absolute atomic E-state index is 0.0356. The number of hydrogen-bond acceptors (Lipinski definition) is 6. The van der Waals surface area contributed by atoms with Crippen molar-refractivity contribution in [3.8, 4) is 11.5 Å². The standard InChI is InChI=1S/C18H21N3O5/c1-3-26-17-12-13(4-9-16(17)25-2)18(22)20-11-10-19-14-5-7-15(8-6-14)21(23)24/h4-9,12,19H,3,10-11H2,1-2H3,(H,20,22). The smallest absolute Gasteiger partial charge is 0.269 e. The highest BCUT2D eigenvalue weighted by Crippen LogP contribution is 2.27. The quantitative estimate of drug-likeness (QED) is 0.405. The molecule has 0 bridgehead atoms. The number of benzene rings is 2. The molecule has 1 amide bonds. The van der Waals surface area contributed by atoms with Crippen molar-refractivity contribution in [2.45, 2.75) is 6.92 Å². The van der Waals surface area contributed by atoms with Gasteiger partial charge in [0.1, 0.15) is 0 Å². The van der Waals surface area contributed by atoms with E-state index in [-0.39, 0.29) is 11.6 Å². The van der Waals surface area contributed by atoms with Gasteiger partial charge in [-0.1, -0.05) is 0 Å². The van der Waals surface area contributed by atoms with Crippen LogP contribution in [0.15, 0.2) is 42.5 Å². The summed E-state index contributed by atoms with van der Waals surface area (Å²) in [6.07, 6.45) is 0. The molecule has 0 fully saturated rings. The number of nitrogens with zero attached hydrogens (tertiary/aromatic N) is 1. The van der Waals surface area contributed by atoms with E-state index < -0.39 is 4.92 Å². The maximum Gasteiger partial charge on any atom is 0.269 e. The number of nitro groups is 1. The van der Waals surface area contributed by atoms with Crippen molar-refractivity contribution in [1.82, 2.24) is 5.32 Å². The molecule has 0 aliphatic heterocycles. The number of carbonyl (C=O) groups excluding carboxylic acids is 1. The van der Waals surface area contributed by atoms with Crippen LogP contribution in [0.5, 0.6) is 11.5 Å². The second kappa shape index (κ2) is 9.26. The average molecular weight is 359 g/mol. The highest BCUT2D eigenvalue weighted by atomic mass is 16.6. The SMILES string of the molecule is CCOc1cc(C(=O)NCCNc2ccc([N+](=O)[O-])cc2)ccc1OC. The number of rotatable bonds is 9. The predicted molar refractivity (Wildman–Crippen MR) is 98.1 cm³/mol. The van der Waals surface area contributed by atoms with Crippen LogP contribution in [-0.4, -0.2) is 37.6 Å². The Kier molecular flexibility index (Phi) is 6.78. The van der Waals surface area contributed by atoms with Crippen molar-refractivity contribution in [1.29, 1.82) is 0 Å². The van der Waals surface area contributed by atoms with Crippen LogP contribution in [0, 0.1) is 10.1 Å². The lowest BCUT2D eigenvalue weighted by Crippen LogP contribution is -2.28. The third-order valence-corrected chi connectivity index (χ3v) is 3.54. The Morgan fingerprint density at radius 1 is 1.12 bits per heavy atom. The maximum atomic E-state index is 12.2. The molecular formula is C18H21N3O5. The van der Waals surface area contributed by atoms with Crippen LogP contribution < -0.4 is 20.1 Å². The largest absolute Gasteiger partial charge is 0.493 e. The zero-order chi connectivity index (χ0) is 18.9. The van der Waals surface area contributed by atoms with Crippen LogP contribution in [0.25, 0.3) is 0 Å². The van der Waals surface area contributed by atoms with Crippen molar-refractivity contribution in [2.75, 3.05) is 32.1 Å². The molecule has 0 aliphatic rings. The van der Waals surface area contributed by atoms with Gasteiger partial charge in [-0.05, 0) is 37.3 Å². The maximum absolute atomic E-state index is 12.2. The average Bonchev–Trinajstić information content (AvgIpc) is 2.65. The molecule has 2 rings (SSSR count). The van der Waals surface area contributed by atoms with E-state index in [4.69, 9.17) is 9.47 Å². The molecule has 2 aromatic carbocycles. The number of nitrogens with one attached hydrogen (secondary N) is 2. The van der Waals surface area contributed by atoms with Crippen molar-refractivity contribution < 1.29 is 19.2 Å². The summed E-state index contributed by atoms with van der Waals surface area (Å²) in [5, 5.41) is 16.5. The van der Waals surface area contributed by atoms with Crippen molar-refractivity contribution in [3.63, 3.8) is 0 Å². The van der Waals surface area contributed by atoms with E-state index >= 15 is 0 Å².